The first-order valence-electron chi connectivity index (χ1n) is 11.2. The number of aliphatic carboxylic acids is 1. The number of nitrogens with zero attached hydrogens (tertiary/aromatic N) is 1. The number of fused-ring (bicyclic) bond motifs is 1. The Morgan fingerprint density at radius 3 is 2.44 bits per heavy atom. The Kier molecular flexibility index (Phi) is 7.02. The van der Waals surface area contributed by atoms with E-state index in [-0.39, 0.29) is 18.4 Å². The van der Waals surface area contributed by atoms with Gasteiger partial charge in [0, 0.05) is 39.0 Å². The van der Waals surface area contributed by atoms with E-state index in [0.29, 0.717) is 29.3 Å². The van der Waals surface area contributed by atoms with Gasteiger partial charge in [-0.1, -0.05) is 54.7 Å². The summed E-state index contributed by atoms with van der Waals surface area (Å²) >= 11 is 12.6. The van der Waals surface area contributed by atoms with Crippen LogP contribution in [0.4, 0.5) is 13.2 Å². The van der Waals surface area contributed by atoms with Crippen LogP contribution in [0, 0.1) is 0 Å². The number of carboxylic acids is 1. The molecule has 1 heterocycles. The maximum absolute atomic E-state index is 13.1. The number of benzene rings is 2. The molecule has 34 heavy (non-hydrogen) atoms. The summed E-state index contributed by atoms with van der Waals surface area (Å²) in [6, 6.07) is 10.3. The summed E-state index contributed by atoms with van der Waals surface area (Å²) in [6.45, 7) is 2.02. The van der Waals surface area contributed by atoms with E-state index in [4.69, 9.17) is 23.2 Å². The van der Waals surface area contributed by atoms with Crippen molar-refractivity contribution < 1.29 is 23.1 Å². The minimum absolute atomic E-state index is 0.00331. The average Bonchev–Trinajstić information content (AvgIpc) is 3.33. The molecule has 1 N–H and O–H groups in total. The van der Waals surface area contributed by atoms with Crippen LogP contribution in [0.5, 0.6) is 0 Å². The predicted molar refractivity (Wildman–Crippen MR) is 128 cm³/mol. The summed E-state index contributed by atoms with van der Waals surface area (Å²) in [4.78, 5) is 11.6. The molecule has 8 heteroatoms. The number of alkyl halides is 3. The topological polar surface area (TPSA) is 42.2 Å². The highest BCUT2D eigenvalue weighted by Crippen LogP contribution is 2.46. The highest BCUT2D eigenvalue weighted by atomic mass is 35.5. The van der Waals surface area contributed by atoms with Gasteiger partial charge in [-0.2, -0.15) is 13.2 Å². The summed E-state index contributed by atoms with van der Waals surface area (Å²) in [5.74, 6) is -1.06. The summed E-state index contributed by atoms with van der Waals surface area (Å²) in [5, 5.41) is 10.5. The van der Waals surface area contributed by atoms with Gasteiger partial charge in [0.25, 0.3) is 0 Å². The maximum Gasteiger partial charge on any atom is 0.416 e. The first-order chi connectivity index (χ1) is 16.1. The second-order valence-corrected chi connectivity index (χ2v) is 9.54. The molecule has 2 unspecified atom stereocenters. The van der Waals surface area contributed by atoms with Gasteiger partial charge in [-0.3, -0.25) is 4.79 Å². The zero-order valence-electron chi connectivity index (χ0n) is 18.5. The van der Waals surface area contributed by atoms with E-state index in [1.54, 1.807) is 12.1 Å². The standard InChI is InChI=1S/C26H24Cl2F3NO2/c1-2-3-23(15-4-7-17(8-5-15)26(29,30)31)32-14-21(19-11-9-18(27)13-22(19)28)20-10-6-16(25(20)32)12-24(33)34/h4-5,7-9,11,13-14,16,23H,2-3,6,10,12H2,1H3,(H,33,34). The third-order valence-corrected chi connectivity index (χ3v) is 7.02. The molecule has 1 aromatic heterocycles. The second kappa shape index (κ2) is 9.67. The van der Waals surface area contributed by atoms with Crippen molar-refractivity contribution >= 4 is 29.2 Å². The van der Waals surface area contributed by atoms with Crippen LogP contribution in [-0.4, -0.2) is 15.6 Å². The van der Waals surface area contributed by atoms with Gasteiger partial charge in [0.2, 0.25) is 0 Å². The quantitative estimate of drug-likeness (QED) is 0.347. The second-order valence-electron chi connectivity index (χ2n) is 8.70. The van der Waals surface area contributed by atoms with Gasteiger partial charge in [0.1, 0.15) is 0 Å². The lowest BCUT2D eigenvalue weighted by Crippen LogP contribution is -2.16. The van der Waals surface area contributed by atoms with E-state index in [0.717, 1.165) is 46.5 Å². The molecule has 0 amide bonds. The molecule has 2 atom stereocenters. The van der Waals surface area contributed by atoms with Crippen molar-refractivity contribution in [3.05, 3.63) is 81.1 Å². The van der Waals surface area contributed by atoms with Gasteiger partial charge in [0.15, 0.2) is 0 Å². The molecule has 2 aromatic carbocycles. The van der Waals surface area contributed by atoms with Gasteiger partial charge in [-0.25, -0.2) is 0 Å². The van der Waals surface area contributed by atoms with Crippen LogP contribution in [0.25, 0.3) is 11.1 Å². The number of rotatable bonds is 7. The van der Waals surface area contributed by atoms with Crippen molar-refractivity contribution in [2.45, 2.75) is 57.2 Å². The molecule has 0 radical (unpaired) electrons. The normalized spacial score (nSPS) is 16.5. The lowest BCUT2D eigenvalue weighted by molar-refractivity contribution is -0.138. The smallest absolute Gasteiger partial charge is 0.416 e. The lowest BCUT2D eigenvalue weighted by Gasteiger charge is -2.24. The number of aromatic nitrogens is 1. The van der Waals surface area contributed by atoms with Gasteiger partial charge >= 0.3 is 12.1 Å². The summed E-state index contributed by atoms with van der Waals surface area (Å²) in [7, 11) is 0. The third-order valence-electron chi connectivity index (χ3n) is 6.47. The highest BCUT2D eigenvalue weighted by molar-refractivity contribution is 6.36. The lowest BCUT2D eigenvalue weighted by atomic mass is 9.98. The molecular weight excluding hydrogens is 486 g/mol. The fraction of sp³-hybridized carbons (Fsp3) is 0.346. The first-order valence-corrected chi connectivity index (χ1v) is 11.9. The average molecular weight is 510 g/mol. The van der Waals surface area contributed by atoms with Crippen LogP contribution in [0.3, 0.4) is 0 Å². The Morgan fingerprint density at radius 1 is 1.15 bits per heavy atom. The molecule has 0 spiro atoms. The monoisotopic (exact) mass is 509 g/mol. The SMILES string of the molecule is CCCC(c1ccc(C(F)(F)F)cc1)n1cc(-c2ccc(Cl)cc2Cl)c2c1C(CC(=O)O)CC2. The molecule has 3 aromatic rings. The Balaban J connectivity index is 1.87. The van der Waals surface area contributed by atoms with Crippen LogP contribution in [0.1, 0.15) is 67.0 Å². The molecule has 180 valence electrons. The minimum atomic E-state index is -4.40. The van der Waals surface area contributed by atoms with Crippen LogP contribution in [-0.2, 0) is 17.4 Å². The Hall–Kier alpha value is -2.44. The Bertz CT molecular complexity index is 1200. The Labute approximate surface area is 206 Å². The molecule has 3 nitrogen and oxygen atoms in total. The summed E-state index contributed by atoms with van der Waals surface area (Å²) in [5.41, 5.74) is 3.76. The highest BCUT2D eigenvalue weighted by Gasteiger charge is 2.34. The zero-order valence-corrected chi connectivity index (χ0v) is 20.0. The molecule has 0 saturated heterocycles. The van der Waals surface area contributed by atoms with Crippen molar-refractivity contribution in [3.63, 3.8) is 0 Å². The van der Waals surface area contributed by atoms with Crippen molar-refractivity contribution in [3.8, 4) is 11.1 Å². The number of carboxylic acid groups (broad SMARTS) is 1. The van der Waals surface area contributed by atoms with Crippen molar-refractivity contribution in [2.75, 3.05) is 0 Å². The molecule has 0 fully saturated rings. The van der Waals surface area contributed by atoms with Gasteiger partial charge in [-0.05, 0) is 54.7 Å². The predicted octanol–water partition coefficient (Wildman–Crippen LogP) is 8.37. The maximum atomic E-state index is 13.1. The molecule has 1 aliphatic carbocycles. The largest absolute Gasteiger partial charge is 0.481 e. The fourth-order valence-electron chi connectivity index (χ4n) is 5.00. The number of halogens is 5. The summed E-state index contributed by atoms with van der Waals surface area (Å²) in [6.07, 6.45) is 0.475. The molecule has 0 aliphatic heterocycles. The Morgan fingerprint density at radius 2 is 1.85 bits per heavy atom. The van der Waals surface area contributed by atoms with E-state index in [1.807, 2.05) is 19.2 Å². The number of hydrogen-bond donors (Lipinski definition) is 1. The molecule has 0 saturated carbocycles. The minimum Gasteiger partial charge on any atom is -0.481 e. The van der Waals surface area contributed by atoms with E-state index < -0.39 is 17.7 Å². The first kappa shape index (κ1) is 24.7. The van der Waals surface area contributed by atoms with Crippen LogP contribution in [0.15, 0.2) is 48.7 Å². The molecule has 1 aliphatic rings. The van der Waals surface area contributed by atoms with E-state index in [2.05, 4.69) is 4.57 Å². The number of hydrogen-bond acceptors (Lipinski definition) is 1. The van der Waals surface area contributed by atoms with Gasteiger partial charge < -0.3 is 9.67 Å². The number of carbonyl (C=O) groups is 1. The third kappa shape index (κ3) is 4.84. The fourth-order valence-corrected chi connectivity index (χ4v) is 5.51. The van der Waals surface area contributed by atoms with E-state index >= 15 is 0 Å². The van der Waals surface area contributed by atoms with Crippen molar-refractivity contribution in [2.24, 2.45) is 0 Å². The van der Waals surface area contributed by atoms with Crippen LogP contribution in [0.2, 0.25) is 10.0 Å². The molecule has 0 bridgehead atoms. The zero-order chi connectivity index (χ0) is 24.6. The van der Waals surface area contributed by atoms with E-state index in [9.17, 15) is 23.1 Å². The van der Waals surface area contributed by atoms with Crippen LogP contribution >= 0.6 is 23.2 Å². The van der Waals surface area contributed by atoms with Gasteiger partial charge in [0.05, 0.1) is 18.0 Å². The molecular formula is C26H24Cl2F3NO2. The van der Waals surface area contributed by atoms with Crippen molar-refractivity contribution in [1.29, 1.82) is 0 Å². The van der Waals surface area contributed by atoms with Crippen molar-refractivity contribution in [1.82, 2.24) is 4.57 Å². The van der Waals surface area contributed by atoms with Gasteiger partial charge in [-0.15, -0.1) is 0 Å². The summed E-state index contributed by atoms with van der Waals surface area (Å²) < 4.78 is 41.4. The van der Waals surface area contributed by atoms with Crippen LogP contribution < -0.4 is 0 Å². The molecule has 4 rings (SSSR count). The van der Waals surface area contributed by atoms with E-state index in [1.165, 1.54) is 12.1 Å².